The van der Waals surface area contributed by atoms with Gasteiger partial charge in [0.25, 0.3) is 5.56 Å². The van der Waals surface area contributed by atoms with E-state index in [4.69, 9.17) is 4.74 Å². The molecule has 2 N–H and O–H groups in total. The standard InChI is InChI=1S/C11H11N5O4S/c1-3-20-10(19)6-4-21-11(14-6)16-15-7-8(17)12-5(2)13-9(7)18/h4H,3H2,1-2H3,(H2,12,13,17,18). The van der Waals surface area contributed by atoms with E-state index in [9.17, 15) is 14.7 Å². The third kappa shape index (κ3) is 3.48. The van der Waals surface area contributed by atoms with Gasteiger partial charge in [-0.1, -0.05) is 0 Å². The van der Waals surface area contributed by atoms with Gasteiger partial charge in [-0.3, -0.25) is 4.79 Å². The quantitative estimate of drug-likeness (QED) is 0.654. The van der Waals surface area contributed by atoms with Crippen molar-refractivity contribution in [2.75, 3.05) is 6.61 Å². The molecule has 0 amide bonds. The molecular weight excluding hydrogens is 298 g/mol. The average Bonchev–Trinajstić information content (AvgIpc) is 2.86. The van der Waals surface area contributed by atoms with Crippen molar-refractivity contribution < 1.29 is 14.6 Å². The molecular formula is C11H11N5O4S. The predicted octanol–water partition coefficient (Wildman–Crippen LogP) is 1.83. The van der Waals surface area contributed by atoms with Gasteiger partial charge in [-0.05, 0) is 13.8 Å². The maximum absolute atomic E-state index is 11.6. The van der Waals surface area contributed by atoms with E-state index in [2.05, 4.69) is 25.2 Å². The molecule has 0 bridgehead atoms. The van der Waals surface area contributed by atoms with Gasteiger partial charge in [-0.15, -0.1) is 21.6 Å². The number of rotatable bonds is 4. The van der Waals surface area contributed by atoms with E-state index in [0.29, 0.717) is 0 Å². The van der Waals surface area contributed by atoms with Crippen LogP contribution in [0.25, 0.3) is 0 Å². The van der Waals surface area contributed by atoms with Crippen LogP contribution >= 0.6 is 11.3 Å². The molecule has 0 atom stereocenters. The Kier molecular flexibility index (Phi) is 4.38. The summed E-state index contributed by atoms with van der Waals surface area (Å²) in [5.41, 5.74) is -0.838. The average molecular weight is 309 g/mol. The van der Waals surface area contributed by atoms with Crippen LogP contribution in [0.2, 0.25) is 0 Å². The molecule has 110 valence electrons. The number of hydrogen-bond donors (Lipinski definition) is 2. The fourth-order valence-corrected chi connectivity index (χ4v) is 1.96. The van der Waals surface area contributed by atoms with Crippen LogP contribution in [0.15, 0.2) is 20.4 Å². The molecule has 0 saturated heterocycles. The molecule has 0 aliphatic heterocycles. The van der Waals surface area contributed by atoms with Gasteiger partial charge in [-0.25, -0.2) is 9.78 Å². The summed E-state index contributed by atoms with van der Waals surface area (Å²) in [5, 5.41) is 18.4. The van der Waals surface area contributed by atoms with Gasteiger partial charge in [-0.2, -0.15) is 4.98 Å². The first-order chi connectivity index (χ1) is 10.0. The number of azo groups is 1. The molecule has 0 radical (unpaired) electrons. The van der Waals surface area contributed by atoms with E-state index in [1.165, 1.54) is 12.3 Å². The molecule has 0 spiro atoms. The van der Waals surface area contributed by atoms with Crippen LogP contribution in [0.5, 0.6) is 5.88 Å². The van der Waals surface area contributed by atoms with Crippen molar-refractivity contribution in [3.63, 3.8) is 0 Å². The normalized spacial score (nSPS) is 11.0. The topological polar surface area (TPSA) is 130 Å². The molecule has 0 aromatic carbocycles. The Labute approximate surface area is 122 Å². The molecule has 2 aromatic heterocycles. The molecule has 2 rings (SSSR count). The van der Waals surface area contributed by atoms with E-state index in [1.54, 1.807) is 6.92 Å². The van der Waals surface area contributed by atoms with Crippen LogP contribution in [0.1, 0.15) is 23.2 Å². The molecule has 2 heterocycles. The first-order valence-corrected chi connectivity index (χ1v) is 6.73. The molecule has 2 aromatic rings. The number of carbonyl (C=O) groups excluding carboxylic acids is 1. The van der Waals surface area contributed by atoms with E-state index in [0.717, 1.165) is 11.3 Å². The highest BCUT2D eigenvalue weighted by Crippen LogP contribution is 2.24. The summed E-state index contributed by atoms with van der Waals surface area (Å²) >= 11 is 1.05. The van der Waals surface area contributed by atoms with Crippen molar-refractivity contribution >= 4 is 28.1 Å². The van der Waals surface area contributed by atoms with Crippen LogP contribution in [0.3, 0.4) is 0 Å². The van der Waals surface area contributed by atoms with Gasteiger partial charge >= 0.3 is 5.97 Å². The van der Waals surface area contributed by atoms with Gasteiger partial charge in [0.2, 0.25) is 16.7 Å². The SMILES string of the molecule is CCOC(=O)c1csc(N=Nc2c(O)nc(C)[nH]c2=O)n1. The van der Waals surface area contributed by atoms with E-state index in [1.807, 2.05) is 0 Å². The molecule has 0 fully saturated rings. The number of esters is 1. The highest BCUT2D eigenvalue weighted by molar-refractivity contribution is 7.13. The number of carbonyl (C=O) groups is 1. The van der Waals surface area contributed by atoms with Crippen molar-refractivity contribution in [2.45, 2.75) is 13.8 Å². The van der Waals surface area contributed by atoms with E-state index < -0.39 is 17.4 Å². The minimum Gasteiger partial charge on any atom is -0.492 e. The number of H-pyrrole nitrogens is 1. The van der Waals surface area contributed by atoms with Gasteiger partial charge < -0.3 is 14.8 Å². The summed E-state index contributed by atoms with van der Waals surface area (Å²) in [7, 11) is 0. The number of ether oxygens (including phenoxy) is 1. The number of nitrogens with zero attached hydrogens (tertiary/aromatic N) is 4. The van der Waals surface area contributed by atoms with Gasteiger partial charge in [0, 0.05) is 5.38 Å². The lowest BCUT2D eigenvalue weighted by molar-refractivity contribution is 0.0520. The smallest absolute Gasteiger partial charge is 0.357 e. The minimum absolute atomic E-state index is 0.107. The maximum atomic E-state index is 11.6. The Morgan fingerprint density at radius 1 is 1.48 bits per heavy atom. The van der Waals surface area contributed by atoms with Gasteiger partial charge in [0.15, 0.2) is 5.69 Å². The summed E-state index contributed by atoms with van der Waals surface area (Å²) < 4.78 is 4.78. The van der Waals surface area contributed by atoms with Crippen LogP contribution in [-0.2, 0) is 4.74 Å². The van der Waals surface area contributed by atoms with Crippen LogP contribution in [-0.4, -0.2) is 32.6 Å². The summed E-state index contributed by atoms with van der Waals surface area (Å²) in [4.78, 5) is 32.9. The molecule has 10 heteroatoms. The number of aromatic nitrogens is 3. The Morgan fingerprint density at radius 2 is 2.24 bits per heavy atom. The second-order valence-electron chi connectivity index (χ2n) is 3.76. The molecule has 0 aliphatic rings. The van der Waals surface area contributed by atoms with Crippen molar-refractivity contribution in [3.05, 3.63) is 27.3 Å². The predicted molar refractivity (Wildman–Crippen MR) is 73.5 cm³/mol. The first-order valence-electron chi connectivity index (χ1n) is 5.85. The second kappa shape index (κ2) is 6.22. The third-order valence-corrected chi connectivity index (χ3v) is 2.93. The third-order valence-electron chi connectivity index (χ3n) is 2.21. The van der Waals surface area contributed by atoms with Gasteiger partial charge in [0.1, 0.15) is 5.82 Å². The zero-order valence-electron chi connectivity index (χ0n) is 11.2. The fraction of sp³-hybridized carbons (Fsp3) is 0.273. The number of aromatic hydroxyl groups is 1. The molecule has 9 nitrogen and oxygen atoms in total. The van der Waals surface area contributed by atoms with Crippen LogP contribution in [0.4, 0.5) is 10.8 Å². The van der Waals surface area contributed by atoms with E-state index in [-0.39, 0.29) is 28.9 Å². The highest BCUT2D eigenvalue weighted by atomic mass is 32.1. The zero-order chi connectivity index (χ0) is 15.4. The Balaban J connectivity index is 2.23. The summed E-state index contributed by atoms with van der Waals surface area (Å²) in [5.74, 6) is -0.828. The fourth-order valence-electron chi connectivity index (χ4n) is 1.36. The Bertz CT molecular complexity index is 751. The van der Waals surface area contributed by atoms with Crippen molar-refractivity contribution in [1.29, 1.82) is 0 Å². The van der Waals surface area contributed by atoms with Gasteiger partial charge in [0.05, 0.1) is 6.61 Å². The Hall–Kier alpha value is -2.62. The van der Waals surface area contributed by atoms with Crippen LogP contribution in [0, 0.1) is 6.92 Å². The van der Waals surface area contributed by atoms with Crippen molar-refractivity contribution in [1.82, 2.24) is 15.0 Å². The number of aromatic amines is 1. The van der Waals surface area contributed by atoms with Crippen molar-refractivity contribution in [3.8, 4) is 5.88 Å². The summed E-state index contributed by atoms with van der Waals surface area (Å²) in [6.07, 6.45) is 0. The minimum atomic E-state index is -0.620. The largest absolute Gasteiger partial charge is 0.492 e. The summed E-state index contributed by atoms with van der Waals surface area (Å²) in [6, 6.07) is 0. The van der Waals surface area contributed by atoms with Crippen molar-refractivity contribution in [2.24, 2.45) is 10.2 Å². The van der Waals surface area contributed by atoms with Crippen LogP contribution < -0.4 is 5.56 Å². The molecule has 0 unspecified atom stereocenters. The van der Waals surface area contributed by atoms with E-state index >= 15 is 0 Å². The number of thiazole rings is 1. The lowest BCUT2D eigenvalue weighted by Gasteiger charge is -1.96. The number of hydrogen-bond acceptors (Lipinski definition) is 9. The molecule has 0 saturated carbocycles. The number of aryl methyl sites for hydroxylation is 1. The lowest BCUT2D eigenvalue weighted by atomic mass is 10.5. The highest BCUT2D eigenvalue weighted by Gasteiger charge is 2.12. The molecule has 0 aliphatic carbocycles. The maximum Gasteiger partial charge on any atom is 0.357 e. The lowest BCUT2D eigenvalue weighted by Crippen LogP contribution is -2.08. The zero-order valence-corrected chi connectivity index (χ0v) is 12.0. The summed E-state index contributed by atoms with van der Waals surface area (Å²) in [6.45, 7) is 3.45. The number of nitrogens with one attached hydrogen (secondary N) is 1. The monoisotopic (exact) mass is 309 g/mol. The Morgan fingerprint density at radius 3 is 2.90 bits per heavy atom. The first kappa shape index (κ1) is 14.8. The second-order valence-corrected chi connectivity index (χ2v) is 4.60. The molecule has 21 heavy (non-hydrogen) atoms.